The normalized spacial score (nSPS) is 13.7. The predicted molar refractivity (Wildman–Crippen MR) is 77.8 cm³/mol. The van der Waals surface area contributed by atoms with Gasteiger partial charge in [-0.2, -0.15) is 0 Å². The van der Waals surface area contributed by atoms with Gasteiger partial charge in [-0.1, -0.05) is 37.6 Å². The molecule has 110 valence electrons. The third-order valence-corrected chi connectivity index (χ3v) is 3.15. The van der Waals surface area contributed by atoms with Gasteiger partial charge in [0.2, 0.25) is 0 Å². The summed E-state index contributed by atoms with van der Waals surface area (Å²) in [4.78, 5) is 22.8. The Kier molecular flexibility index (Phi) is 5.82. The summed E-state index contributed by atoms with van der Waals surface area (Å²) in [6, 6.07) is 5.44. The number of hydrogen-bond acceptors (Lipinski definition) is 2. The molecule has 0 aromatic heterocycles. The van der Waals surface area contributed by atoms with Crippen LogP contribution in [0.5, 0.6) is 0 Å². The zero-order valence-corrected chi connectivity index (χ0v) is 12.4. The summed E-state index contributed by atoms with van der Waals surface area (Å²) in [5.74, 6) is -1.25. The van der Waals surface area contributed by atoms with Crippen LogP contribution in [0.3, 0.4) is 0 Å². The Morgan fingerprint density at radius 3 is 2.35 bits per heavy atom. The standard InChI is InChI=1S/C14H19ClN2O3/c1-8(2)12(13(18)19)17-14(20)16-9(3)10-5-4-6-11(15)7-10/h4-9,12H,1-3H3,(H,18,19)(H2,16,17,20)/t9?,12-/m0/s1. The Bertz CT molecular complexity index is 491. The van der Waals surface area contributed by atoms with Crippen molar-refractivity contribution in [3.8, 4) is 0 Å². The Morgan fingerprint density at radius 2 is 1.85 bits per heavy atom. The molecule has 0 aliphatic rings. The van der Waals surface area contributed by atoms with E-state index in [1.165, 1.54) is 0 Å². The lowest BCUT2D eigenvalue weighted by Gasteiger charge is -2.20. The molecule has 0 heterocycles. The van der Waals surface area contributed by atoms with Crippen LogP contribution in [-0.4, -0.2) is 23.1 Å². The van der Waals surface area contributed by atoms with Crippen LogP contribution in [0.4, 0.5) is 4.79 Å². The molecule has 0 radical (unpaired) electrons. The van der Waals surface area contributed by atoms with E-state index >= 15 is 0 Å². The van der Waals surface area contributed by atoms with Crippen molar-refractivity contribution in [1.29, 1.82) is 0 Å². The third-order valence-electron chi connectivity index (χ3n) is 2.92. The number of aliphatic carboxylic acids is 1. The molecule has 1 aromatic rings. The number of carbonyl (C=O) groups excluding carboxylic acids is 1. The summed E-state index contributed by atoms with van der Waals surface area (Å²) in [6.07, 6.45) is 0. The highest BCUT2D eigenvalue weighted by atomic mass is 35.5. The van der Waals surface area contributed by atoms with Crippen molar-refractivity contribution in [3.05, 3.63) is 34.9 Å². The van der Waals surface area contributed by atoms with Gasteiger partial charge in [-0.25, -0.2) is 9.59 Å². The summed E-state index contributed by atoms with van der Waals surface area (Å²) in [7, 11) is 0. The fourth-order valence-electron chi connectivity index (χ4n) is 1.75. The van der Waals surface area contributed by atoms with Gasteiger partial charge >= 0.3 is 12.0 Å². The highest BCUT2D eigenvalue weighted by Gasteiger charge is 2.23. The van der Waals surface area contributed by atoms with Crippen molar-refractivity contribution in [2.45, 2.75) is 32.9 Å². The third kappa shape index (κ3) is 4.74. The summed E-state index contributed by atoms with van der Waals surface area (Å²) < 4.78 is 0. The van der Waals surface area contributed by atoms with Crippen LogP contribution >= 0.6 is 11.6 Å². The zero-order chi connectivity index (χ0) is 15.3. The fourth-order valence-corrected chi connectivity index (χ4v) is 1.95. The number of amides is 2. The van der Waals surface area contributed by atoms with E-state index in [1.54, 1.807) is 39.0 Å². The lowest BCUT2D eigenvalue weighted by atomic mass is 10.1. The minimum absolute atomic E-state index is 0.195. The Morgan fingerprint density at radius 1 is 1.20 bits per heavy atom. The van der Waals surface area contributed by atoms with E-state index in [0.717, 1.165) is 5.56 Å². The van der Waals surface area contributed by atoms with E-state index in [2.05, 4.69) is 10.6 Å². The molecule has 5 nitrogen and oxygen atoms in total. The van der Waals surface area contributed by atoms with Crippen LogP contribution in [0.1, 0.15) is 32.4 Å². The molecule has 0 saturated carbocycles. The predicted octanol–water partition coefficient (Wildman–Crippen LogP) is 2.81. The molecule has 6 heteroatoms. The van der Waals surface area contributed by atoms with Gasteiger partial charge in [-0.15, -0.1) is 0 Å². The first kappa shape index (κ1) is 16.3. The lowest BCUT2D eigenvalue weighted by molar-refractivity contribution is -0.140. The maximum absolute atomic E-state index is 11.8. The molecule has 20 heavy (non-hydrogen) atoms. The van der Waals surface area contributed by atoms with Gasteiger partial charge in [0.15, 0.2) is 0 Å². The molecule has 2 atom stereocenters. The van der Waals surface area contributed by atoms with Gasteiger partial charge in [-0.3, -0.25) is 0 Å². The highest BCUT2D eigenvalue weighted by Crippen LogP contribution is 2.17. The van der Waals surface area contributed by atoms with Crippen molar-refractivity contribution in [2.24, 2.45) is 5.92 Å². The molecule has 0 spiro atoms. The smallest absolute Gasteiger partial charge is 0.326 e. The Hall–Kier alpha value is -1.75. The number of rotatable bonds is 5. The highest BCUT2D eigenvalue weighted by molar-refractivity contribution is 6.30. The van der Waals surface area contributed by atoms with E-state index in [9.17, 15) is 9.59 Å². The Balaban J connectivity index is 2.64. The molecule has 0 aliphatic carbocycles. The van der Waals surface area contributed by atoms with Gasteiger partial charge in [0.25, 0.3) is 0 Å². The number of carboxylic acid groups (broad SMARTS) is 1. The average Bonchev–Trinajstić information content (AvgIpc) is 2.35. The van der Waals surface area contributed by atoms with Crippen molar-refractivity contribution in [1.82, 2.24) is 10.6 Å². The zero-order valence-electron chi connectivity index (χ0n) is 11.7. The van der Waals surface area contributed by atoms with Gasteiger partial charge in [-0.05, 0) is 30.5 Å². The second-order valence-electron chi connectivity index (χ2n) is 4.95. The molecule has 1 unspecified atom stereocenters. The largest absolute Gasteiger partial charge is 0.480 e. The van der Waals surface area contributed by atoms with Crippen molar-refractivity contribution in [3.63, 3.8) is 0 Å². The van der Waals surface area contributed by atoms with E-state index in [-0.39, 0.29) is 12.0 Å². The SMILES string of the molecule is CC(NC(=O)N[C@H](C(=O)O)C(C)C)c1cccc(Cl)c1. The first-order valence-electron chi connectivity index (χ1n) is 6.36. The van der Waals surface area contributed by atoms with Crippen LogP contribution < -0.4 is 10.6 Å². The van der Waals surface area contributed by atoms with E-state index in [4.69, 9.17) is 16.7 Å². The number of urea groups is 1. The Labute approximate surface area is 123 Å². The number of carboxylic acids is 1. The molecular formula is C14H19ClN2O3. The summed E-state index contributed by atoms with van der Waals surface area (Å²) >= 11 is 5.89. The first-order valence-corrected chi connectivity index (χ1v) is 6.74. The molecule has 1 aromatic carbocycles. The molecule has 0 aliphatic heterocycles. The van der Waals surface area contributed by atoms with E-state index in [0.29, 0.717) is 5.02 Å². The summed E-state index contributed by atoms with van der Waals surface area (Å²) in [5, 5.41) is 14.7. The maximum Gasteiger partial charge on any atom is 0.326 e. The molecule has 0 bridgehead atoms. The van der Waals surface area contributed by atoms with E-state index < -0.39 is 18.0 Å². The van der Waals surface area contributed by atoms with Crippen LogP contribution in [0, 0.1) is 5.92 Å². The van der Waals surface area contributed by atoms with Crippen molar-refractivity contribution < 1.29 is 14.7 Å². The minimum atomic E-state index is -1.05. The molecular weight excluding hydrogens is 280 g/mol. The maximum atomic E-state index is 11.8. The van der Waals surface area contributed by atoms with Gasteiger partial charge < -0.3 is 15.7 Å². The monoisotopic (exact) mass is 298 g/mol. The number of nitrogens with one attached hydrogen (secondary N) is 2. The summed E-state index contributed by atoms with van der Waals surface area (Å²) in [6.45, 7) is 5.27. The van der Waals surface area contributed by atoms with Gasteiger partial charge in [0.05, 0.1) is 6.04 Å². The quantitative estimate of drug-likeness (QED) is 0.782. The van der Waals surface area contributed by atoms with Crippen LogP contribution in [-0.2, 0) is 4.79 Å². The van der Waals surface area contributed by atoms with Crippen LogP contribution in [0.25, 0.3) is 0 Å². The summed E-state index contributed by atoms with van der Waals surface area (Å²) in [5.41, 5.74) is 0.851. The van der Waals surface area contributed by atoms with E-state index in [1.807, 2.05) is 6.07 Å². The average molecular weight is 299 g/mol. The molecule has 1 rings (SSSR count). The molecule has 3 N–H and O–H groups in total. The second kappa shape index (κ2) is 7.14. The van der Waals surface area contributed by atoms with Crippen LogP contribution in [0.15, 0.2) is 24.3 Å². The van der Waals surface area contributed by atoms with Gasteiger partial charge in [0, 0.05) is 5.02 Å². The fraction of sp³-hybridized carbons (Fsp3) is 0.429. The number of hydrogen-bond donors (Lipinski definition) is 3. The van der Waals surface area contributed by atoms with Crippen molar-refractivity contribution in [2.75, 3.05) is 0 Å². The number of carbonyl (C=O) groups is 2. The number of halogens is 1. The van der Waals surface area contributed by atoms with Crippen LogP contribution in [0.2, 0.25) is 5.02 Å². The topological polar surface area (TPSA) is 78.4 Å². The molecule has 0 fully saturated rings. The van der Waals surface area contributed by atoms with Gasteiger partial charge in [0.1, 0.15) is 6.04 Å². The molecule has 2 amide bonds. The molecule has 0 saturated heterocycles. The first-order chi connectivity index (χ1) is 9.31. The number of benzene rings is 1. The van der Waals surface area contributed by atoms with Crippen molar-refractivity contribution >= 4 is 23.6 Å². The second-order valence-corrected chi connectivity index (χ2v) is 5.39. The minimum Gasteiger partial charge on any atom is -0.480 e. The lowest BCUT2D eigenvalue weighted by Crippen LogP contribution is -2.49.